The van der Waals surface area contributed by atoms with Crippen LogP contribution in [-0.4, -0.2) is 35.2 Å². The zero-order valence-electron chi connectivity index (χ0n) is 10.8. The van der Waals surface area contributed by atoms with Crippen LogP contribution in [0.1, 0.15) is 30.9 Å². The standard InChI is InChI=1S/C15H18BrNO2/c16-11-1-2-14-12(7-11)13(18)8-15(19-14)4-6-17-5-3-10(15)9-17/h1-2,7,10,13,18H,3-6,8-9H2. The number of aliphatic hydroxyl groups excluding tert-OH is 1. The number of rotatable bonds is 0. The fraction of sp³-hybridized carbons (Fsp3) is 0.600. The molecule has 1 aromatic rings. The van der Waals surface area contributed by atoms with E-state index in [-0.39, 0.29) is 5.60 Å². The highest BCUT2D eigenvalue weighted by Crippen LogP contribution is 2.49. The smallest absolute Gasteiger partial charge is 0.126 e. The molecule has 3 nitrogen and oxygen atoms in total. The van der Waals surface area contributed by atoms with Crippen LogP contribution in [0.3, 0.4) is 0 Å². The minimum Gasteiger partial charge on any atom is -0.486 e. The van der Waals surface area contributed by atoms with Crippen LogP contribution in [0.2, 0.25) is 0 Å². The Balaban J connectivity index is 1.72. The van der Waals surface area contributed by atoms with Gasteiger partial charge < -0.3 is 14.7 Å². The van der Waals surface area contributed by atoms with E-state index in [0.29, 0.717) is 5.92 Å². The average Bonchev–Trinajstić information content (AvgIpc) is 2.81. The molecule has 4 unspecified atom stereocenters. The van der Waals surface area contributed by atoms with Crippen molar-refractivity contribution in [3.8, 4) is 5.75 Å². The first kappa shape index (κ1) is 12.2. The second-order valence-corrected chi connectivity index (χ2v) is 7.02. The lowest BCUT2D eigenvalue weighted by Gasteiger charge is -2.47. The Morgan fingerprint density at radius 3 is 3.16 bits per heavy atom. The molecule has 0 radical (unpaired) electrons. The van der Waals surface area contributed by atoms with Crippen molar-refractivity contribution < 1.29 is 9.84 Å². The highest BCUT2D eigenvalue weighted by molar-refractivity contribution is 9.10. The monoisotopic (exact) mass is 323 g/mol. The number of fused-ring (bicyclic) bond motifs is 4. The van der Waals surface area contributed by atoms with Gasteiger partial charge >= 0.3 is 0 Å². The average molecular weight is 324 g/mol. The molecular formula is C15H18BrNO2. The summed E-state index contributed by atoms with van der Waals surface area (Å²) in [6.07, 6.45) is 2.60. The fourth-order valence-corrected chi connectivity index (χ4v) is 4.37. The lowest BCUT2D eigenvalue weighted by atomic mass is 9.75. The van der Waals surface area contributed by atoms with Gasteiger partial charge in [-0.15, -0.1) is 0 Å². The minimum atomic E-state index is -0.395. The van der Waals surface area contributed by atoms with Gasteiger partial charge in [0.25, 0.3) is 0 Å². The molecule has 3 aliphatic rings. The topological polar surface area (TPSA) is 32.7 Å². The van der Waals surface area contributed by atoms with Gasteiger partial charge in [0.15, 0.2) is 0 Å². The van der Waals surface area contributed by atoms with Crippen LogP contribution in [0.15, 0.2) is 22.7 Å². The molecule has 4 rings (SSSR count). The number of aliphatic hydroxyl groups is 1. The number of ether oxygens (including phenoxy) is 1. The third-order valence-electron chi connectivity index (χ3n) is 5.05. The Bertz CT molecular complexity index is 521. The van der Waals surface area contributed by atoms with E-state index < -0.39 is 6.10 Å². The van der Waals surface area contributed by atoms with Crippen molar-refractivity contribution in [1.82, 2.24) is 4.90 Å². The van der Waals surface area contributed by atoms with E-state index >= 15 is 0 Å². The van der Waals surface area contributed by atoms with E-state index in [2.05, 4.69) is 20.8 Å². The third-order valence-corrected chi connectivity index (χ3v) is 5.54. The van der Waals surface area contributed by atoms with Crippen LogP contribution in [0.25, 0.3) is 0 Å². The van der Waals surface area contributed by atoms with E-state index in [1.54, 1.807) is 0 Å². The van der Waals surface area contributed by atoms with Crippen molar-refractivity contribution in [3.05, 3.63) is 28.2 Å². The molecule has 2 fully saturated rings. The number of benzene rings is 1. The van der Waals surface area contributed by atoms with E-state index in [4.69, 9.17) is 4.74 Å². The highest BCUT2D eigenvalue weighted by atomic mass is 79.9. The second-order valence-electron chi connectivity index (χ2n) is 6.11. The van der Waals surface area contributed by atoms with Gasteiger partial charge in [0.2, 0.25) is 0 Å². The zero-order valence-corrected chi connectivity index (χ0v) is 12.4. The maximum absolute atomic E-state index is 10.5. The van der Waals surface area contributed by atoms with Gasteiger partial charge in [0.1, 0.15) is 11.4 Å². The molecule has 19 heavy (non-hydrogen) atoms. The van der Waals surface area contributed by atoms with E-state index in [1.807, 2.05) is 18.2 Å². The quantitative estimate of drug-likeness (QED) is 0.796. The van der Waals surface area contributed by atoms with Gasteiger partial charge in [-0.05, 0) is 31.2 Å². The Labute approximate surface area is 121 Å². The molecule has 1 N–H and O–H groups in total. The normalized spacial score (nSPS) is 40.0. The zero-order chi connectivity index (χ0) is 13.0. The van der Waals surface area contributed by atoms with Crippen LogP contribution in [-0.2, 0) is 0 Å². The first-order valence-electron chi connectivity index (χ1n) is 7.05. The highest BCUT2D eigenvalue weighted by Gasteiger charge is 2.51. The Morgan fingerprint density at radius 1 is 1.37 bits per heavy atom. The van der Waals surface area contributed by atoms with Crippen LogP contribution >= 0.6 is 15.9 Å². The number of nitrogens with zero attached hydrogens (tertiary/aromatic N) is 1. The Kier molecular flexibility index (Phi) is 2.70. The van der Waals surface area contributed by atoms with E-state index in [1.165, 1.54) is 13.0 Å². The fourth-order valence-electron chi connectivity index (χ4n) is 3.99. The summed E-state index contributed by atoms with van der Waals surface area (Å²) >= 11 is 3.46. The number of piperidine rings is 1. The molecule has 0 aromatic heterocycles. The lowest BCUT2D eigenvalue weighted by Crippen LogP contribution is -2.53. The van der Waals surface area contributed by atoms with Gasteiger partial charge in [-0.3, -0.25) is 0 Å². The summed E-state index contributed by atoms with van der Waals surface area (Å²) in [5, 5.41) is 10.5. The molecule has 3 aliphatic heterocycles. The molecule has 0 amide bonds. The van der Waals surface area contributed by atoms with Crippen molar-refractivity contribution in [3.63, 3.8) is 0 Å². The number of hydrogen-bond acceptors (Lipinski definition) is 3. The molecule has 1 spiro atoms. The van der Waals surface area contributed by atoms with Crippen molar-refractivity contribution in [1.29, 1.82) is 0 Å². The molecule has 2 saturated heterocycles. The molecule has 4 atom stereocenters. The summed E-state index contributed by atoms with van der Waals surface area (Å²) in [5.74, 6) is 1.45. The van der Waals surface area contributed by atoms with Crippen molar-refractivity contribution >= 4 is 15.9 Å². The number of hydrogen-bond donors (Lipinski definition) is 1. The van der Waals surface area contributed by atoms with E-state index in [0.717, 1.165) is 41.7 Å². The van der Waals surface area contributed by atoms with Crippen LogP contribution in [0.4, 0.5) is 0 Å². The third kappa shape index (κ3) is 1.84. The Morgan fingerprint density at radius 2 is 2.26 bits per heavy atom. The van der Waals surface area contributed by atoms with Gasteiger partial charge in [-0.25, -0.2) is 0 Å². The molecule has 1 aromatic carbocycles. The van der Waals surface area contributed by atoms with Gasteiger partial charge in [-0.1, -0.05) is 15.9 Å². The maximum Gasteiger partial charge on any atom is 0.126 e. The second kappa shape index (κ2) is 4.21. The first-order valence-corrected chi connectivity index (χ1v) is 7.84. The van der Waals surface area contributed by atoms with Crippen molar-refractivity contribution in [2.24, 2.45) is 5.92 Å². The summed E-state index contributed by atoms with van der Waals surface area (Å²) in [6.45, 7) is 3.44. The van der Waals surface area contributed by atoms with Gasteiger partial charge in [-0.2, -0.15) is 0 Å². The lowest BCUT2D eigenvalue weighted by molar-refractivity contribution is -0.0736. The van der Waals surface area contributed by atoms with Crippen LogP contribution < -0.4 is 4.74 Å². The molecule has 3 heterocycles. The molecular weight excluding hydrogens is 306 g/mol. The summed E-state index contributed by atoms with van der Waals surface area (Å²) in [4.78, 5) is 2.52. The largest absolute Gasteiger partial charge is 0.486 e. The summed E-state index contributed by atoms with van der Waals surface area (Å²) in [7, 11) is 0. The molecule has 4 heteroatoms. The van der Waals surface area contributed by atoms with Crippen LogP contribution in [0.5, 0.6) is 5.75 Å². The van der Waals surface area contributed by atoms with E-state index in [9.17, 15) is 5.11 Å². The predicted molar refractivity (Wildman–Crippen MR) is 76.2 cm³/mol. The van der Waals surface area contributed by atoms with Crippen molar-refractivity contribution in [2.75, 3.05) is 19.6 Å². The first-order chi connectivity index (χ1) is 9.16. The van der Waals surface area contributed by atoms with Crippen molar-refractivity contribution in [2.45, 2.75) is 31.0 Å². The SMILES string of the molecule is OC1CC2(CCN3CCC2C3)Oc2ccc(Br)cc21. The summed E-state index contributed by atoms with van der Waals surface area (Å²) in [5.41, 5.74) is 0.799. The molecule has 0 aliphatic carbocycles. The number of halogens is 1. The summed E-state index contributed by atoms with van der Waals surface area (Å²) < 4.78 is 7.41. The molecule has 2 bridgehead atoms. The van der Waals surface area contributed by atoms with Crippen LogP contribution in [0, 0.1) is 5.92 Å². The van der Waals surface area contributed by atoms with Gasteiger partial charge in [0, 0.05) is 41.9 Å². The predicted octanol–water partition coefficient (Wildman–Crippen LogP) is 2.73. The maximum atomic E-state index is 10.5. The minimum absolute atomic E-state index is 0.132. The summed E-state index contributed by atoms with van der Waals surface area (Å²) in [6, 6.07) is 5.97. The molecule has 102 valence electrons. The molecule has 0 saturated carbocycles. The van der Waals surface area contributed by atoms with Gasteiger partial charge in [0.05, 0.1) is 6.10 Å². The Hall–Kier alpha value is -0.580.